The summed E-state index contributed by atoms with van der Waals surface area (Å²) >= 11 is 0. The van der Waals surface area contributed by atoms with E-state index in [2.05, 4.69) is 6.58 Å². The summed E-state index contributed by atoms with van der Waals surface area (Å²) < 4.78 is 26.8. The Kier molecular flexibility index (Phi) is 4.93. The molecule has 1 saturated heterocycles. The lowest BCUT2D eigenvalue weighted by Crippen LogP contribution is -2.46. The highest BCUT2D eigenvalue weighted by molar-refractivity contribution is 7.89. The molecule has 0 saturated carbocycles. The fourth-order valence-corrected chi connectivity index (χ4v) is 4.47. The summed E-state index contributed by atoms with van der Waals surface area (Å²) in [5.41, 5.74) is -0.437. The predicted octanol–water partition coefficient (Wildman–Crippen LogP) is 1.78. The van der Waals surface area contributed by atoms with Gasteiger partial charge in [-0.2, -0.15) is 4.31 Å². The van der Waals surface area contributed by atoms with Crippen molar-refractivity contribution in [3.05, 3.63) is 42.0 Å². The Hall–Kier alpha value is -1.70. The van der Waals surface area contributed by atoms with E-state index in [0.29, 0.717) is 24.8 Å². The van der Waals surface area contributed by atoms with Gasteiger partial charge in [0.1, 0.15) is 0 Å². The molecule has 7 heteroatoms. The number of hydrogen-bond acceptors (Lipinski definition) is 4. The van der Waals surface area contributed by atoms with Crippen molar-refractivity contribution >= 4 is 16.0 Å². The highest BCUT2D eigenvalue weighted by Crippen LogP contribution is 2.30. The van der Waals surface area contributed by atoms with Crippen LogP contribution in [-0.2, 0) is 10.0 Å². The molecule has 1 aliphatic rings. The van der Waals surface area contributed by atoms with Crippen molar-refractivity contribution in [1.82, 2.24) is 4.31 Å². The molecule has 0 amide bonds. The Morgan fingerprint density at radius 3 is 2.48 bits per heavy atom. The molecule has 126 valence electrons. The minimum atomic E-state index is -3.70. The molecule has 2 N–H and O–H groups in total. The number of nitrogens with zero attached hydrogens (tertiary/aromatic N) is 1. The average molecular weight is 339 g/mol. The van der Waals surface area contributed by atoms with Gasteiger partial charge in [0, 0.05) is 13.1 Å². The van der Waals surface area contributed by atoms with E-state index in [1.54, 1.807) is 13.0 Å². The van der Waals surface area contributed by atoms with Crippen LogP contribution < -0.4 is 0 Å². The number of benzene rings is 1. The molecule has 1 fully saturated rings. The molecular weight excluding hydrogens is 318 g/mol. The topological polar surface area (TPSA) is 94.9 Å². The number of sulfonamides is 1. The van der Waals surface area contributed by atoms with Crippen molar-refractivity contribution < 1.29 is 23.4 Å². The van der Waals surface area contributed by atoms with Crippen molar-refractivity contribution in [3.8, 4) is 0 Å². The van der Waals surface area contributed by atoms with Crippen molar-refractivity contribution in [2.75, 3.05) is 13.1 Å². The van der Waals surface area contributed by atoms with Gasteiger partial charge in [-0.15, -0.1) is 6.58 Å². The summed E-state index contributed by atoms with van der Waals surface area (Å²) in [6, 6.07) is 3.98. The molecule has 0 radical (unpaired) electrons. The minimum absolute atomic E-state index is 0.0560. The summed E-state index contributed by atoms with van der Waals surface area (Å²) in [5.74, 6) is -1.09. The van der Waals surface area contributed by atoms with Crippen LogP contribution in [0.1, 0.15) is 35.2 Å². The molecule has 1 aromatic rings. The molecule has 0 aliphatic carbocycles. The maximum Gasteiger partial charge on any atom is 0.335 e. The molecule has 1 heterocycles. The quantitative estimate of drug-likeness (QED) is 0.798. The maximum atomic E-state index is 12.7. The molecule has 1 aliphatic heterocycles. The van der Waals surface area contributed by atoms with E-state index < -0.39 is 21.6 Å². The Balaban J connectivity index is 2.23. The summed E-state index contributed by atoms with van der Waals surface area (Å²) in [4.78, 5) is 11.1. The first-order valence-electron chi connectivity index (χ1n) is 7.37. The molecule has 23 heavy (non-hydrogen) atoms. The zero-order chi connectivity index (χ0) is 17.3. The van der Waals surface area contributed by atoms with Crippen LogP contribution >= 0.6 is 0 Å². The van der Waals surface area contributed by atoms with Crippen LogP contribution in [0, 0.1) is 6.92 Å². The van der Waals surface area contributed by atoms with Crippen LogP contribution in [0.25, 0.3) is 0 Å². The van der Waals surface area contributed by atoms with Gasteiger partial charge in [-0.25, -0.2) is 13.2 Å². The van der Waals surface area contributed by atoms with E-state index in [1.165, 1.54) is 22.5 Å². The zero-order valence-corrected chi connectivity index (χ0v) is 13.8. The standard InChI is InChI=1S/C16H21NO5S/c1-3-6-16(20)7-9-17(10-8-16)23(21,22)14-5-4-13(15(18)19)11-12(14)2/h3-5,11,20H,1,6-10H2,2H3,(H,18,19). The lowest BCUT2D eigenvalue weighted by molar-refractivity contribution is -0.00203. The highest BCUT2D eigenvalue weighted by atomic mass is 32.2. The lowest BCUT2D eigenvalue weighted by atomic mass is 9.89. The zero-order valence-electron chi connectivity index (χ0n) is 13.0. The SMILES string of the molecule is C=CCC1(O)CCN(S(=O)(=O)c2ccc(C(=O)O)cc2C)CC1. The highest BCUT2D eigenvalue weighted by Gasteiger charge is 2.36. The molecule has 2 rings (SSSR count). The van der Waals surface area contributed by atoms with Gasteiger partial charge in [-0.1, -0.05) is 6.08 Å². The van der Waals surface area contributed by atoms with E-state index in [1.807, 2.05) is 0 Å². The van der Waals surface area contributed by atoms with Crippen LogP contribution in [0.15, 0.2) is 35.7 Å². The summed E-state index contributed by atoms with van der Waals surface area (Å²) in [7, 11) is -3.70. The van der Waals surface area contributed by atoms with Gasteiger partial charge in [0.2, 0.25) is 10.0 Å². The molecule has 0 bridgehead atoms. The first-order chi connectivity index (χ1) is 10.7. The van der Waals surface area contributed by atoms with Gasteiger partial charge >= 0.3 is 5.97 Å². The third-order valence-electron chi connectivity index (χ3n) is 4.22. The molecule has 0 aromatic heterocycles. The Labute approximate surface area is 136 Å². The number of carboxylic acids is 1. The Morgan fingerprint density at radius 1 is 1.39 bits per heavy atom. The first kappa shape index (κ1) is 17.7. The average Bonchev–Trinajstić information content (AvgIpc) is 2.47. The van der Waals surface area contributed by atoms with Gasteiger partial charge in [0.25, 0.3) is 0 Å². The smallest absolute Gasteiger partial charge is 0.335 e. The summed E-state index contributed by atoms with van der Waals surface area (Å²) in [5, 5.41) is 19.3. The third-order valence-corrected chi connectivity index (χ3v) is 6.28. The first-order valence-corrected chi connectivity index (χ1v) is 8.81. The number of aromatic carboxylic acids is 1. The van der Waals surface area contributed by atoms with Crippen molar-refractivity contribution in [2.24, 2.45) is 0 Å². The molecule has 0 atom stereocenters. The van der Waals surface area contributed by atoms with Crippen LogP contribution in [0.4, 0.5) is 0 Å². The van der Waals surface area contributed by atoms with Crippen LogP contribution in [-0.4, -0.2) is 47.6 Å². The number of piperidine rings is 1. The van der Waals surface area contributed by atoms with Crippen molar-refractivity contribution in [3.63, 3.8) is 0 Å². The summed E-state index contributed by atoms with van der Waals surface area (Å²) in [6.45, 7) is 5.65. The largest absolute Gasteiger partial charge is 0.478 e. The fraction of sp³-hybridized carbons (Fsp3) is 0.438. The maximum absolute atomic E-state index is 12.7. The Morgan fingerprint density at radius 2 is 2.00 bits per heavy atom. The fourth-order valence-electron chi connectivity index (χ4n) is 2.83. The minimum Gasteiger partial charge on any atom is -0.478 e. The number of aryl methyl sites for hydroxylation is 1. The second kappa shape index (κ2) is 6.43. The van der Waals surface area contributed by atoms with E-state index >= 15 is 0 Å². The number of aliphatic hydroxyl groups is 1. The second-order valence-electron chi connectivity index (χ2n) is 5.91. The van der Waals surface area contributed by atoms with Gasteiger partial charge in [0.15, 0.2) is 0 Å². The number of carbonyl (C=O) groups is 1. The van der Waals surface area contributed by atoms with Gasteiger partial charge < -0.3 is 10.2 Å². The van der Waals surface area contributed by atoms with Gasteiger partial charge in [0.05, 0.1) is 16.1 Å². The molecule has 6 nitrogen and oxygen atoms in total. The van der Waals surface area contributed by atoms with E-state index in [4.69, 9.17) is 5.11 Å². The molecule has 1 aromatic carbocycles. The lowest BCUT2D eigenvalue weighted by Gasteiger charge is -2.37. The number of carboxylic acid groups (broad SMARTS) is 1. The molecular formula is C16H21NO5S. The number of rotatable bonds is 5. The second-order valence-corrected chi connectivity index (χ2v) is 7.81. The van der Waals surface area contributed by atoms with E-state index in [-0.39, 0.29) is 23.5 Å². The van der Waals surface area contributed by atoms with Gasteiger partial charge in [-0.3, -0.25) is 0 Å². The van der Waals surface area contributed by atoms with Crippen molar-refractivity contribution in [1.29, 1.82) is 0 Å². The van der Waals surface area contributed by atoms with Crippen LogP contribution in [0.5, 0.6) is 0 Å². The normalized spacial score (nSPS) is 18.5. The number of hydrogen-bond donors (Lipinski definition) is 2. The Bertz CT molecular complexity index is 718. The summed E-state index contributed by atoms with van der Waals surface area (Å²) in [6.07, 6.45) is 2.78. The van der Waals surface area contributed by atoms with E-state index in [0.717, 1.165) is 0 Å². The van der Waals surface area contributed by atoms with Crippen LogP contribution in [0.3, 0.4) is 0 Å². The molecule has 0 unspecified atom stereocenters. The van der Waals surface area contributed by atoms with E-state index in [9.17, 15) is 18.3 Å². The van der Waals surface area contributed by atoms with Gasteiger partial charge in [-0.05, 0) is 49.9 Å². The van der Waals surface area contributed by atoms with Crippen LogP contribution in [0.2, 0.25) is 0 Å². The molecule has 0 spiro atoms. The van der Waals surface area contributed by atoms with Crippen molar-refractivity contribution in [2.45, 2.75) is 36.7 Å². The predicted molar refractivity (Wildman–Crippen MR) is 85.9 cm³/mol. The third kappa shape index (κ3) is 3.63. The monoisotopic (exact) mass is 339 g/mol.